The van der Waals surface area contributed by atoms with Crippen LogP contribution in [0.1, 0.15) is 12.8 Å². The SMILES string of the molecule is O=C(O)CCC(C(=O)O)C(C(=O)O)P(=O)(O)O.[NaH]. The first-order valence-electron chi connectivity index (χ1n) is 4.30. The average Bonchev–Trinajstić information content (AvgIpc) is 2.07. The number of carboxylic acid groups (broad SMARTS) is 3. The van der Waals surface area contributed by atoms with E-state index in [0.29, 0.717) is 0 Å². The maximum absolute atomic E-state index is 10.9. The predicted molar refractivity (Wildman–Crippen MR) is 58.6 cm³/mol. The van der Waals surface area contributed by atoms with Crippen LogP contribution in [0, 0.1) is 5.92 Å². The van der Waals surface area contributed by atoms with Gasteiger partial charge in [0.1, 0.15) is 0 Å². The van der Waals surface area contributed by atoms with Gasteiger partial charge in [-0.15, -0.1) is 0 Å². The molecule has 0 radical (unpaired) electrons. The van der Waals surface area contributed by atoms with Crippen LogP contribution in [0.15, 0.2) is 0 Å². The van der Waals surface area contributed by atoms with Crippen LogP contribution in [0.5, 0.6) is 0 Å². The molecule has 0 aromatic heterocycles. The number of aliphatic carboxylic acids is 3. The molecule has 0 saturated carbocycles. The zero-order valence-electron chi connectivity index (χ0n) is 8.39. The number of hydrogen-bond acceptors (Lipinski definition) is 4. The van der Waals surface area contributed by atoms with Gasteiger partial charge >= 0.3 is 55.1 Å². The molecule has 0 aliphatic heterocycles. The van der Waals surface area contributed by atoms with Gasteiger partial charge in [0, 0.05) is 6.42 Å². The zero-order chi connectivity index (χ0) is 13.8. The van der Waals surface area contributed by atoms with Gasteiger partial charge in [0.15, 0.2) is 5.66 Å². The van der Waals surface area contributed by atoms with Crippen LogP contribution in [-0.2, 0) is 18.9 Å². The summed E-state index contributed by atoms with van der Waals surface area (Å²) in [6.07, 6.45) is -1.37. The molecule has 0 aromatic carbocycles. The summed E-state index contributed by atoms with van der Waals surface area (Å²) in [5, 5.41) is 25.6. The van der Waals surface area contributed by atoms with E-state index < -0.39 is 49.9 Å². The summed E-state index contributed by atoms with van der Waals surface area (Å²) in [7, 11) is -5.18. The van der Waals surface area contributed by atoms with Gasteiger partial charge in [-0.2, -0.15) is 0 Å². The number of hydrogen-bond donors (Lipinski definition) is 5. The number of carbonyl (C=O) groups is 3. The third-order valence-electron chi connectivity index (χ3n) is 1.98. The molecule has 100 valence electrons. The first-order chi connectivity index (χ1) is 7.57. The monoisotopic (exact) mass is 294 g/mol. The zero-order valence-corrected chi connectivity index (χ0v) is 9.28. The maximum atomic E-state index is 10.9. The molecule has 2 unspecified atom stereocenters. The van der Waals surface area contributed by atoms with Gasteiger partial charge in [-0.3, -0.25) is 18.9 Å². The Bertz CT molecular complexity index is 375. The molecule has 9 nitrogen and oxygen atoms in total. The van der Waals surface area contributed by atoms with Crippen molar-refractivity contribution in [2.75, 3.05) is 0 Å². The molecular weight excluding hydrogens is 282 g/mol. The normalized spacial score (nSPS) is 14.1. The van der Waals surface area contributed by atoms with E-state index in [1.54, 1.807) is 0 Å². The van der Waals surface area contributed by atoms with Crippen LogP contribution >= 0.6 is 7.60 Å². The Hall–Kier alpha value is -0.440. The van der Waals surface area contributed by atoms with Crippen molar-refractivity contribution in [1.29, 1.82) is 0 Å². The van der Waals surface area contributed by atoms with E-state index in [9.17, 15) is 18.9 Å². The molecule has 0 aromatic rings. The summed E-state index contributed by atoms with van der Waals surface area (Å²) in [5.41, 5.74) is -2.45. The molecule has 0 fully saturated rings. The fourth-order valence-corrected chi connectivity index (χ4v) is 2.28. The molecule has 0 saturated heterocycles. The average molecular weight is 294 g/mol. The Morgan fingerprint density at radius 2 is 1.44 bits per heavy atom. The van der Waals surface area contributed by atoms with Gasteiger partial charge in [-0.1, -0.05) is 0 Å². The van der Waals surface area contributed by atoms with E-state index >= 15 is 0 Å². The van der Waals surface area contributed by atoms with Crippen molar-refractivity contribution >= 4 is 55.1 Å². The van der Waals surface area contributed by atoms with Crippen molar-refractivity contribution in [1.82, 2.24) is 0 Å². The Labute approximate surface area is 123 Å². The van der Waals surface area contributed by atoms with Crippen molar-refractivity contribution in [2.45, 2.75) is 18.5 Å². The fraction of sp³-hybridized carbons (Fsp3) is 0.571. The second-order valence-electron chi connectivity index (χ2n) is 3.25. The molecule has 2 atom stereocenters. The minimum absolute atomic E-state index is 0. The molecule has 18 heavy (non-hydrogen) atoms. The van der Waals surface area contributed by atoms with Crippen LogP contribution < -0.4 is 0 Å². The van der Waals surface area contributed by atoms with Gasteiger partial charge in [-0.05, 0) is 6.42 Å². The predicted octanol–water partition coefficient (Wildman–Crippen LogP) is -1.47. The topological polar surface area (TPSA) is 169 Å². The van der Waals surface area contributed by atoms with Crippen molar-refractivity contribution in [3.63, 3.8) is 0 Å². The van der Waals surface area contributed by atoms with Gasteiger partial charge in [0.25, 0.3) is 0 Å². The van der Waals surface area contributed by atoms with E-state index in [2.05, 4.69) is 0 Å². The molecular formula is C7H12NaO9P. The first-order valence-corrected chi connectivity index (χ1v) is 5.98. The summed E-state index contributed by atoms with van der Waals surface area (Å²) in [6, 6.07) is 0. The summed E-state index contributed by atoms with van der Waals surface area (Å²) in [6.45, 7) is 0. The van der Waals surface area contributed by atoms with Crippen LogP contribution in [0.25, 0.3) is 0 Å². The third kappa shape index (κ3) is 6.48. The molecule has 0 bridgehead atoms. The molecule has 0 aliphatic carbocycles. The van der Waals surface area contributed by atoms with Gasteiger partial charge in [-0.25, -0.2) is 0 Å². The van der Waals surface area contributed by atoms with E-state index in [1.807, 2.05) is 0 Å². The summed E-state index contributed by atoms with van der Waals surface area (Å²) >= 11 is 0. The van der Waals surface area contributed by atoms with Crippen molar-refractivity contribution in [3.05, 3.63) is 0 Å². The van der Waals surface area contributed by atoms with E-state index in [1.165, 1.54) is 0 Å². The number of carboxylic acids is 3. The van der Waals surface area contributed by atoms with E-state index in [-0.39, 0.29) is 29.6 Å². The van der Waals surface area contributed by atoms with Crippen molar-refractivity contribution in [3.8, 4) is 0 Å². The summed E-state index contributed by atoms with van der Waals surface area (Å²) in [4.78, 5) is 49.1. The van der Waals surface area contributed by atoms with Crippen LogP contribution in [0.3, 0.4) is 0 Å². The summed E-state index contributed by atoms with van der Waals surface area (Å²) in [5.74, 6) is -7.08. The van der Waals surface area contributed by atoms with Gasteiger partial charge < -0.3 is 25.1 Å². The van der Waals surface area contributed by atoms with Crippen LogP contribution in [0.4, 0.5) is 0 Å². The second kappa shape index (κ2) is 7.88. The molecule has 0 aliphatic rings. The molecule has 0 heterocycles. The Morgan fingerprint density at radius 3 is 1.67 bits per heavy atom. The molecule has 11 heteroatoms. The van der Waals surface area contributed by atoms with Crippen molar-refractivity contribution in [2.24, 2.45) is 5.92 Å². The molecule has 0 rings (SSSR count). The number of rotatable bonds is 7. The molecule has 0 amide bonds. The van der Waals surface area contributed by atoms with E-state index in [0.717, 1.165) is 0 Å². The quantitative estimate of drug-likeness (QED) is 0.278. The van der Waals surface area contributed by atoms with Crippen molar-refractivity contribution < 1.29 is 44.1 Å². The van der Waals surface area contributed by atoms with Gasteiger partial charge in [0.2, 0.25) is 0 Å². The molecule has 0 spiro atoms. The third-order valence-corrected chi connectivity index (χ3v) is 3.29. The summed E-state index contributed by atoms with van der Waals surface area (Å²) < 4.78 is 10.9. The minimum atomic E-state index is -5.18. The van der Waals surface area contributed by atoms with E-state index in [4.69, 9.17) is 25.1 Å². The van der Waals surface area contributed by atoms with Gasteiger partial charge in [0.05, 0.1) is 5.92 Å². The van der Waals surface area contributed by atoms with Crippen LogP contribution in [-0.4, -0.2) is 78.2 Å². The Kier molecular flexibility index (Phi) is 8.70. The van der Waals surface area contributed by atoms with Crippen LogP contribution in [0.2, 0.25) is 0 Å². The fourth-order valence-electron chi connectivity index (χ4n) is 1.25. The first kappa shape index (κ1) is 19.9. The standard InChI is InChI=1S/C7H11O9P.Na.H/c8-4(9)2-1-3(6(10)11)5(7(12)13)17(14,15)16;;/h3,5H,1-2H2,(H,8,9)(H,10,11)(H,12,13)(H2,14,15,16);;. The second-order valence-corrected chi connectivity index (χ2v) is 4.98. The molecule has 5 N–H and O–H groups in total. The Balaban J connectivity index is 0. The Morgan fingerprint density at radius 1 is 1.00 bits per heavy atom.